The third-order valence-electron chi connectivity index (χ3n) is 9.00. The molecule has 2 aromatic carbocycles. The summed E-state index contributed by atoms with van der Waals surface area (Å²) in [5, 5.41) is 18.2. The second kappa shape index (κ2) is 17.4. The zero-order chi connectivity index (χ0) is 36.1. The monoisotopic (exact) mass is 755 g/mol. The number of aliphatic hydroxyl groups is 1. The van der Waals surface area contributed by atoms with Gasteiger partial charge in [-0.2, -0.15) is 17.9 Å². The Morgan fingerprint density at radius 1 is 0.960 bits per heavy atom. The van der Waals surface area contributed by atoms with Crippen molar-refractivity contribution < 1.29 is 14.7 Å². The maximum atomic E-state index is 11.3. The van der Waals surface area contributed by atoms with Crippen LogP contribution in [0.25, 0.3) is 20.4 Å². The number of aliphatic hydroxyl groups excluding tert-OH is 1. The molecule has 7 N–H and O–H groups in total. The van der Waals surface area contributed by atoms with E-state index in [0.717, 1.165) is 45.7 Å². The predicted octanol–water partition coefficient (Wildman–Crippen LogP) is 6.01. The number of aliphatic imine (C=N–C) groups is 1. The lowest BCUT2D eigenvalue weighted by molar-refractivity contribution is -0.119. The number of thiol groups is 1. The van der Waals surface area contributed by atoms with Gasteiger partial charge < -0.3 is 22.3 Å². The molecule has 2 aliphatic carbocycles. The molecule has 0 fully saturated rings. The van der Waals surface area contributed by atoms with Crippen molar-refractivity contribution in [2.24, 2.45) is 22.2 Å². The van der Waals surface area contributed by atoms with Crippen molar-refractivity contribution in [3.8, 4) is 6.07 Å². The van der Waals surface area contributed by atoms with E-state index in [0.29, 0.717) is 16.5 Å². The van der Waals surface area contributed by atoms with Crippen LogP contribution in [-0.4, -0.2) is 62.6 Å². The van der Waals surface area contributed by atoms with Crippen molar-refractivity contribution in [1.82, 2.24) is 9.97 Å². The number of hydrogen-bond donors (Lipinski definition) is 5. The topological polar surface area (TPSA) is 194 Å². The molecule has 0 spiro atoms. The van der Waals surface area contributed by atoms with E-state index in [1.54, 1.807) is 23.1 Å². The Morgan fingerprint density at radius 2 is 1.48 bits per heavy atom. The van der Waals surface area contributed by atoms with Crippen molar-refractivity contribution in [3.63, 3.8) is 0 Å². The molecule has 3 aliphatic rings. The number of carbonyl (C=O) groups excluding carboxylic acids is 2. The molecule has 50 heavy (non-hydrogen) atoms. The first-order valence-corrected chi connectivity index (χ1v) is 19.4. The molecule has 4 aromatic rings. The number of aromatic nitrogens is 2. The fourth-order valence-electron chi connectivity index (χ4n) is 6.28. The number of thioether (sulfide) groups is 1. The molecule has 0 bridgehead atoms. The number of benzene rings is 2. The van der Waals surface area contributed by atoms with Crippen LogP contribution in [0.2, 0.25) is 0 Å². The van der Waals surface area contributed by atoms with Crippen LogP contribution in [0.5, 0.6) is 0 Å². The number of nitrogens with two attached hydrogens (primary N) is 3. The lowest BCUT2D eigenvalue weighted by atomic mass is 9.73. The van der Waals surface area contributed by atoms with Crippen LogP contribution in [0.4, 0.5) is 0 Å². The molecular weight excluding hydrogens is 707 g/mol. The number of nitriles is 1. The quantitative estimate of drug-likeness (QED) is 0.156. The second-order valence-corrected chi connectivity index (χ2v) is 16.9. The molecule has 270 valence electrons. The van der Waals surface area contributed by atoms with Gasteiger partial charge in [0.1, 0.15) is 22.2 Å². The van der Waals surface area contributed by atoms with Crippen molar-refractivity contribution in [2.75, 3.05) is 18.6 Å². The van der Waals surface area contributed by atoms with Gasteiger partial charge in [0.25, 0.3) is 0 Å². The van der Waals surface area contributed by atoms with E-state index in [1.165, 1.54) is 64.0 Å². The number of rotatable bonds is 4. The normalized spacial score (nSPS) is 18.5. The largest absolute Gasteiger partial charge is 0.400 e. The average molecular weight is 756 g/mol. The van der Waals surface area contributed by atoms with Gasteiger partial charge in [0.15, 0.2) is 5.01 Å². The molecule has 0 saturated carbocycles. The average Bonchev–Trinajstić information content (AvgIpc) is 3.82. The summed E-state index contributed by atoms with van der Waals surface area (Å²) < 4.78 is 2.36. The van der Waals surface area contributed by atoms with Gasteiger partial charge >= 0.3 is 0 Å². The SMILES string of the molecule is C.CC1(C)CCCc2cc3sc(C#N)nc3cc21.CC1(C)CCCc2cc3sc(C4=N[C@@H](C(N)=O)CS4)nc3cc21.CO.NC(=O)[C@H](N)CS. The zero-order valence-electron chi connectivity index (χ0n) is 28.6. The summed E-state index contributed by atoms with van der Waals surface area (Å²) in [6.07, 6.45) is 7.29. The minimum absolute atomic E-state index is 0. The van der Waals surface area contributed by atoms with E-state index in [-0.39, 0.29) is 24.2 Å². The summed E-state index contributed by atoms with van der Waals surface area (Å²) in [6, 6.07) is 10.1. The number of amides is 2. The smallest absolute Gasteiger partial charge is 0.243 e. The van der Waals surface area contributed by atoms with E-state index in [1.807, 2.05) is 0 Å². The Bertz CT molecular complexity index is 1910. The highest BCUT2D eigenvalue weighted by atomic mass is 32.2. The number of thiazole rings is 2. The first kappa shape index (κ1) is 41.4. The van der Waals surface area contributed by atoms with E-state index >= 15 is 0 Å². The lowest BCUT2D eigenvalue weighted by Crippen LogP contribution is -2.37. The van der Waals surface area contributed by atoms with Gasteiger partial charge in [-0.25, -0.2) is 9.97 Å². The molecule has 7 rings (SSSR count). The second-order valence-electron chi connectivity index (χ2n) is 13.4. The number of aryl methyl sites for hydroxylation is 2. The lowest BCUT2D eigenvalue weighted by Gasteiger charge is -2.32. The van der Waals surface area contributed by atoms with Gasteiger partial charge in [0.2, 0.25) is 11.8 Å². The molecule has 14 heteroatoms. The predicted molar refractivity (Wildman–Crippen MR) is 214 cm³/mol. The van der Waals surface area contributed by atoms with Gasteiger partial charge in [-0.05, 0) is 95.9 Å². The van der Waals surface area contributed by atoms with Crippen molar-refractivity contribution in [1.29, 1.82) is 5.26 Å². The van der Waals surface area contributed by atoms with Crippen LogP contribution in [0, 0.1) is 11.3 Å². The fraction of sp³-hybridized carbons (Fsp3) is 0.500. The van der Waals surface area contributed by atoms with Crippen LogP contribution >= 0.6 is 47.1 Å². The van der Waals surface area contributed by atoms with Crippen LogP contribution < -0.4 is 17.2 Å². The highest BCUT2D eigenvalue weighted by molar-refractivity contribution is 8.15. The number of fused-ring (bicyclic) bond motifs is 4. The van der Waals surface area contributed by atoms with Gasteiger partial charge in [-0.3, -0.25) is 14.6 Å². The third-order valence-corrected chi connectivity index (χ3v) is 12.5. The van der Waals surface area contributed by atoms with Gasteiger partial charge in [0, 0.05) is 18.6 Å². The Morgan fingerprint density at radius 3 is 1.92 bits per heavy atom. The van der Waals surface area contributed by atoms with E-state index in [2.05, 4.69) is 80.6 Å². The fourth-order valence-corrected chi connectivity index (χ4v) is 9.40. The Labute approximate surface area is 312 Å². The Hall–Kier alpha value is -3.06. The van der Waals surface area contributed by atoms with E-state index in [4.69, 9.17) is 32.6 Å². The molecule has 3 heterocycles. The van der Waals surface area contributed by atoms with Crippen molar-refractivity contribution in [3.05, 3.63) is 56.5 Å². The van der Waals surface area contributed by atoms with Crippen LogP contribution in [-0.2, 0) is 33.3 Å². The standard InChI is InChI=1S/C17H19N3OS2.C14H14N2S.C3H8N2OS.CH4O.CH4/c1-17(2)5-3-4-9-6-13-11(7-10(9)17)19-16(23-13)15-20-12(8-22-15)14(18)21;1-14(2)5-3-4-9-6-12-11(7-10(9)14)16-13(8-15)17-12;4-2(1-7)3(5)6;1-2;/h6-7,12H,3-5,8H2,1-2H3,(H2,18,21);6-7H,3-5H2,1-2H3;2,7H,1,4H2,(H2,5,6);2H,1H3;1H4/t12-;;2-;;/m1.1../s1. The Kier molecular flexibility index (Phi) is 14.4. The molecule has 2 amide bonds. The maximum absolute atomic E-state index is 11.3. The van der Waals surface area contributed by atoms with Crippen LogP contribution in [0.3, 0.4) is 0 Å². The molecule has 0 unspecified atom stereocenters. The minimum atomic E-state index is -0.594. The molecule has 0 saturated heterocycles. The Balaban J connectivity index is 0.000000221. The minimum Gasteiger partial charge on any atom is -0.400 e. The summed E-state index contributed by atoms with van der Waals surface area (Å²) in [5.74, 6) is 0.0836. The van der Waals surface area contributed by atoms with Gasteiger partial charge in [-0.15, -0.1) is 34.4 Å². The molecule has 2 aromatic heterocycles. The molecule has 0 radical (unpaired) electrons. The van der Waals surface area contributed by atoms with Gasteiger partial charge in [-0.1, -0.05) is 35.1 Å². The third kappa shape index (κ3) is 9.43. The highest BCUT2D eigenvalue weighted by Crippen LogP contribution is 2.41. The molecular formula is C36H49N7O3S4. The first-order chi connectivity index (χ1) is 23.2. The van der Waals surface area contributed by atoms with E-state index in [9.17, 15) is 9.59 Å². The summed E-state index contributed by atoms with van der Waals surface area (Å²) >= 11 is 8.47. The van der Waals surface area contributed by atoms with Crippen LogP contribution in [0.1, 0.15) is 93.1 Å². The summed E-state index contributed by atoms with van der Waals surface area (Å²) in [7, 11) is 1.00. The summed E-state index contributed by atoms with van der Waals surface area (Å²) in [6.45, 7) is 9.24. The summed E-state index contributed by atoms with van der Waals surface area (Å²) in [5.41, 5.74) is 23.4. The van der Waals surface area contributed by atoms with Crippen LogP contribution in [0.15, 0.2) is 29.3 Å². The van der Waals surface area contributed by atoms with Crippen molar-refractivity contribution in [2.45, 2.75) is 96.6 Å². The number of primary amides is 2. The molecule has 1 aliphatic heterocycles. The van der Waals surface area contributed by atoms with Crippen molar-refractivity contribution >= 4 is 84.4 Å². The molecule has 2 atom stereocenters. The summed E-state index contributed by atoms with van der Waals surface area (Å²) in [4.78, 5) is 34.8. The maximum Gasteiger partial charge on any atom is 0.243 e. The number of nitrogens with zero attached hydrogens (tertiary/aromatic N) is 4. The molecule has 10 nitrogen and oxygen atoms in total. The number of carbonyl (C=O) groups is 2. The highest BCUT2D eigenvalue weighted by Gasteiger charge is 2.30. The number of hydrogen-bond acceptors (Lipinski definition) is 12. The van der Waals surface area contributed by atoms with Gasteiger partial charge in [0.05, 0.1) is 26.5 Å². The zero-order valence-corrected chi connectivity index (χ0v) is 31.9. The first-order valence-electron chi connectivity index (χ1n) is 16.1. The van der Waals surface area contributed by atoms with E-state index < -0.39 is 18.0 Å².